The molecule has 0 amide bonds. The molecule has 0 bridgehead atoms. The first kappa shape index (κ1) is 11.6. The van der Waals surface area contributed by atoms with Gasteiger partial charge in [0, 0.05) is 0 Å². The highest BCUT2D eigenvalue weighted by atomic mass is 16.3. The Morgan fingerprint density at radius 1 is 0.778 bits per heavy atom. The highest BCUT2D eigenvalue weighted by molar-refractivity contribution is 4.96. The van der Waals surface area contributed by atoms with E-state index in [1.807, 2.05) is 12.1 Å². The van der Waals surface area contributed by atoms with Crippen LogP contribution in [0.15, 0.2) is 45.6 Å². The lowest BCUT2D eigenvalue weighted by Gasteiger charge is -2.28. The van der Waals surface area contributed by atoms with Crippen LogP contribution < -0.4 is 9.80 Å². The summed E-state index contributed by atoms with van der Waals surface area (Å²) in [7, 11) is 0. The molecule has 0 aromatic carbocycles. The highest BCUT2D eigenvalue weighted by Crippen LogP contribution is 1.97. The molecular formula is C14H20N2O2+2. The number of hydrogen-bond acceptors (Lipinski definition) is 2. The lowest BCUT2D eigenvalue weighted by Crippen LogP contribution is -3.27. The number of piperazine rings is 1. The van der Waals surface area contributed by atoms with E-state index in [2.05, 4.69) is 12.1 Å². The van der Waals surface area contributed by atoms with Crippen LogP contribution in [0.2, 0.25) is 0 Å². The molecule has 1 aliphatic rings. The first-order valence-corrected chi connectivity index (χ1v) is 6.62. The Hall–Kier alpha value is -1.52. The number of furan rings is 2. The maximum absolute atomic E-state index is 5.41. The molecule has 0 saturated carbocycles. The summed E-state index contributed by atoms with van der Waals surface area (Å²) < 4.78 is 10.8. The third-order valence-corrected chi connectivity index (χ3v) is 3.67. The zero-order valence-electron chi connectivity index (χ0n) is 10.5. The van der Waals surface area contributed by atoms with E-state index in [0.29, 0.717) is 0 Å². The summed E-state index contributed by atoms with van der Waals surface area (Å²) in [6.07, 6.45) is 3.51. The van der Waals surface area contributed by atoms with Crippen LogP contribution in [0.4, 0.5) is 0 Å². The number of nitrogens with one attached hydrogen (secondary N) is 2. The summed E-state index contributed by atoms with van der Waals surface area (Å²) in [5.41, 5.74) is 0. The Labute approximate surface area is 107 Å². The van der Waals surface area contributed by atoms with E-state index >= 15 is 0 Å². The van der Waals surface area contributed by atoms with Crippen LogP contribution in [0.1, 0.15) is 11.5 Å². The zero-order valence-corrected chi connectivity index (χ0v) is 10.5. The predicted molar refractivity (Wildman–Crippen MR) is 66.2 cm³/mol. The largest absolute Gasteiger partial charge is 0.463 e. The van der Waals surface area contributed by atoms with Gasteiger partial charge in [-0.15, -0.1) is 0 Å². The van der Waals surface area contributed by atoms with Crippen LogP contribution in [0.25, 0.3) is 0 Å². The van der Waals surface area contributed by atoms with Gasteiger partial charge in [0.2, 0.25) is 0 Å². The van der Waals surface area contributed by atoms with Crippen molar-refractivity contribution in [1.82, 2.24) is 0 Å². The molecule has 0 radical (unpaired) electrons. The van der Waals surface area contributed by atoms with Gasteiger partial charge in [-0.3, -0.25) is 0 Å². The second-order valence-electron chi connectivity index (χ2n) is 5.01. The molecular weight excluding hydrogens is 228 g/mol. The van der Waals surface area contributed by atoms with Crippen molar-refractivity contribution in [1.29, 1.82) is 0 Å². The minimum absolute atomic E-state index is 1.01. The average Bonchev–Trinajstić information content (AvgIpc) is 3.05. The van der Waals surface area contributed by atoms with Crippen LogP contribution in [0.3, 0.4) is 0 Å². The highest BCUT2D eigenvalue weighted by Gasteiger charge is 2.24. The van der Waals surface area contributed by atoms with Crippen LogP contribution in [-0.2, 0) is 13.1 Å². The van der Waals surface area contributed by atoms with Crippen molar-refractivity contribution in [2.45, 2.75) is 13.1 Å². The molecule has 0 spiro atoms. The number of rotatable bonds is 4. The zero-order chi connectivity index (χ0) is 12.2. The summed E-state index contributed by atoms with van der Waals surface area (Å²) >= 11 is 0. The Morgan fingerprint density at radius 2 is 1.22 bits per heavy atom. The Bertz CT molecular complexity index is 398. The summed E-state index contributed by atoms with van der Waals surface area (Å²) in [6, 6.07) is 8.06. The van der Waals surface area contributed by atoms with Gasteiger partial charge < -0.3 is 18.6 Å². The minimum Gasteiger partial charge on any atom is -0.463 e. The van der Waals surface area contributed by atoms with Gasteiger partial charge in [-0.2, -0.15) is 0 Å². The predicted octanol–water partition coefficient (Wildman–Crippen LogP) is -0.644. The average molecular weight is 248 g/mol. The third-order valence-electron chi connectivity index (χ3n) is 3.67. The van der Waals surface area contributed by atoms with Crippen molar-refractivity contribution < 1.29 is 18.6 Å². The molecule has 1 aliphatic heterocycles. The molecule has 4 nitrogen and oxygen atoms in total. The summed E-state index contributed by atoms with van der Waals surface area (Å²) in [4.78, 5) is 3.24. The number of hydrogen-bond donors (Lipinski definition) is 2. The molecule has 0 aliphatic carbocycles. The lowest BCUT2D eigenvalue weighted by molar-refractivity contribution is -1.03. The van der Waals surface area contributed by atoms with E-state index in [1.165, 1.54) is 26.2 Å². The topological polar surface area (TPSA) is 35.2 Å². The first-order valence-electron chi connectivity index (χ1n) is 6.62. The van der Waals surface area contributed by atoms with E-state index in [1.54, 1.807) is 22.3 Å². The first-order chi connectivity index (χ1) is 8.90. The Kier molecular flexibility index (Phi) is 3.48. The van der Waals surface area contributed by atoms with E-state index in [-0.39, 0.29) is 0 Å². The second kappa shape index (κ2) is 5.42. The minimum atomic E-state index is 1.01. The Morgan fingerprint density at radius 3 is 1.56 bits per heavy atom. The summed E-state index contributed by atoms with van der Waals surface area (Å²) in [5.74, 6) is 2.19. The van der Waals surface area contributed by atoms with Gasteiger partial charge in [-0.1, -0.05) is 0 Å². The molecule has 3 heterocycles. The lowest BCUT2D eigenvalue weighted by atomic mass is 10.3. The van der Waals surface area contributed by atoms with Crippen molar-refractivity contribution in [2.75, 3.05) is 26.2 Å². The van der Waals surface area contributed by atoms with Gasteiger partial charge in [0.05, 0.1) is 12.5 Å². The molecule has 4 heteroatoms. The van der Waals surface area contributed by atoms with Gasteiger partial charge in [0.15, 0.2) is 11.5 Å². The van der Waals surface area contributed by atoms with Gasteiger partial charge in [0.1, 0.15) is 39.3 Å². The molecule has 0 unspecified atom stereocenters. The van der Waals surface area contributed by atoms with Gasteiger partial charge in [-0.25, -0.2) is 0 Å². The summed E-state index contributed by atoms with van der Waals surface area (Å²) in [5, 5.41) is 0. The fourth-order valence-electron chi connectivity index (χ4n) is 2.63. The van der Waals surface area contributed by atoms with Crippen LogP contribution in [0, 0.1) is 0 Å². The molecule has 96 valence electrons. The van der Waals surface area contributed by atoms with Crippen molar-refractivity contribution >= 4 is 0 Å². The van der Waals surface area contributed by atoms with Crippen molar-refractivity contribution in [3.8, 4) is 0 Å². The number of quaternary nitrogens is 2. The van der Waals surface area contributed by atoms with Gasteiger partial charge in [0.25, 0.3) is 0 Å². The molecule has 2 aromatic rings. The van der Waals surface area contributed by atoms with E-state index in [0.717, 1.165) is 24.6 Å². The van der Waals surface area contributed by atoms with Crippen LogP contribution in [-0.4, -0.2) is 26.2 Å². The summed E-state index contributed by atoms with van der Waals surface area (Å²) in [6.45, 7) is 6.85. The van der Waals surface area contributed by atoms with Crippen LogP contribution >= 0.6 is 0 Å². The van der Waals surface area contributed by atoms with Crippen molar-refractivity contribution in [3.63, 3.8) is 0 Å². The Balaban J connectivity index is 1.46. The molecule has 18 heavy (non-hydrogen) atoms. The van der Waals surface area contributed by atoms with Crippen molar-refractivity contribution in [2.24, 2.45) is 0 Å². The van der Waals surface area contributed by atoms with Crippen molar-refractivity contribution in [3.05, 3.63) is 48.3 Å². The third kappa shape index (κ3) is 2.83. The molecule has 3 rings (SSSR count). The SMILES string of the molecule is c1coc(C[NH+]2CC[NH+](Cc3ccco3)CC2)c1. The molecule has 2 N–H and O–H groups in total. The standard InChI is InChI=1S/C14H18N2O2/c1-3-13(17-9-1)11-15-5-7-16(8-6-15)12-14-4-2-10-18-14/h1-4,9-10H,5-8,11-12H2/p+2. The maximum atomic E-state index is 5.41. The van der Waals surface area contributed by atoms with E-state index < -0.39 is 0 Å². The normalized spacial score (nSPS) is 24.2. The van der Waals surface area contributed by atoms with Gasteiger partial charge >= 0.3 is 0 Å². The second-order valence-corrected chi connectivity index (χ2v) is 5.01. The quantitative estimate of drug-likeness (QED) is 0.755. The molecule has 1 fully saturated rings. The molecule has 1 saturated heterocycles. The molecule has 0 atom stereocenters. The van der Waals surface area contributed by atoms with Crippen LogP contribution in [0.5, 0.6) is 0 Å². The van der Waals surface area contributed by atoms with Gasteiger partial charge in [-0.05, 0) is 24.3 Å². The monoisotopic (exact) mass is 248 g/mol. The molecule has 2 aromatic heterocycles. The fourth-order valence-corrected chi connectivity index (χ4v) is 2.63. The fraction of sp³-hybridized carbons (Fsp3) is 0.429. The maximum Gasteiger partial charge on any atom is 0.157 e. The smallest absolute Gasteiger partial charge is 0.157 e. The van der Waals surface area contributed by atoms with E-state index in [4.69, 9.17) is 8.83 Å². The van der Waals surface area contributed by atoms with E-state index in [9.17, 15) is 0 Å².